The highest BCUT2D eigenvalue weighted by molar-refractivity contribution is 7.91. The molecule has 2 aromatic rings. The van der Waals surface area contributed by atoms with Crippen molar-refractivity contribution in [2.45, 2.75) is 19.1 Å². The van der Waals surface area contributed by atoms with Crippen LogP contribution in [-0.2, 0) is 16.4 Å². The lowest BCUT2D eigenvalue weighted by molar-refractivity contribution is 0.0940. The van der Waals surface area contributed by atoms with Crippen LogP contribution in [0, 0.1) is 11.3 Å². The molecule has 0 saturated carbocycles. The number of hydrogen-bond acceptors (Lipinski definition) is 5. The van der Waals surface area contributed by atoms with Gasteiger partial charge in [-0.2, -0.15) is 5.26 Å². The molecule has 0 bridgehead atoms. The first-order valence-corrected chi connectivity index (χ1v) is 10.0. The highest BCUT2D eigenvalue weighted by atomic mass is 32.2. The SMILES string of the molecule is N#Cc1ccccc1COc1cccc(C(=O)NC2CCS(=O)(=O)C2)c1. The maximum atomic E-state index is 12.3. The maximum absolute atomic E-state index is 12.3. The van der Waals surface area contributed by atoms with Crippen LogP contribution in [0.5, 0.6) is 5.75 Å². The van der Waals surface area contributed by atoms with E-state index in [1.54, 1.807) is 36.4 Å². The Labute approximate surface area is 152 Å². The first-order valence-electron chi connectivity index (χ1n) is 8.19. The van der Waals surface area contributed by atoms with Gasteiger partial charge in [0.1, 0.15) is 12.4 Å². The summed E-state index contributed by atoms with van der Waals surface area (Å²) in [5.74, 6) is 0.277. The van der Waals surface area contributed by atoms with Gasteiger partial charge in [0.15, 0.2) is 9.84 Å². The Bertz CT molecular complexity index is 963. The lowest BCUT2D eigenvalue weighted by Crippen LogP contribution is -2.35. The van der Waals surface area contributed by atoms with Crippen molar-refractivity contribution in [2.24, 2.45) is 0 Å². The average molecular weight is 370 g/mol. The third-order valence-electron chi connectivity index (χ3n) is 4.20. The van der Waals surface area contributed by atoms with Crippen molar-refractivity contribution in [3.8, 4) is 11.8 Å². The zero-order valence-electron chi connectivity index (χ0n) is 14.0. The van der Waals surface area contributed by atoms with Gasteiger partial charge in [-0.25, -0.2) is 8.42 Å². The van der Waals surface area contributed by atoms with Gasteiger partial charge in [-0.05, 0) is 30.7 Å². The summed E-state index contributed by atoms with van der Waals surface area (Å²) in [4.78, 5) is 12.3. The quantitative estimate of drug-likeness (QED) is 0.869. The summed E-state index contributed by atoms with van der Waals surface area (Å²) in [6, 6.07) is 15.6. The lowest BCUT2D eigenvalue weighted by Gasteiger charge is -2.12. The predicted octanol–water partition coefficient (Wildman–Crippen LogP) is 2.05. The molecule has 1 amide bonds. The second-order valence-electron chi connectivity index (χ2n) is 6.16. The molecule has 1 saturated heterocycles. The van der Waals surface area contributed by atoms with Crippen LogP contribution in [0.4, 0.5) is 0 Å². The molecule has 26 heavy (non-hydrogen) atoms. The van der Waals surface area contributed by atoms with Gasteiger partial charge in [-0.3, -0.25) is 4.79 Å². The van der Waals surface area contributed by atoms with Crippen molar-refractivity contribution < 1.29 is 17.9 Å². The molecular weight excluding hydrogens is 352 g/mol. The molecule has 1 atom stereocenters. The fourth-order valence-corrected chi connectivity index (χ4v) is 4.49. The van der Waals surface area contributed by atoms with E-state index in [0.717, 1.165) is 5.56 Å². The summed E-state index contributed by atoms with van der Waals surface area (Å²) in [5.41, 5.74) is 1.71. The molecule has 1 heterocycles. The number of carbonyl (C=O) groups is 1. The standard InChI is InChI=1S/C19H18N2O4S/c20-11-15-4-1-2-5-16(15)12-25-18-7-3-6-14(10-18)19(22)21-17-8-9-26(23,24)13-17/h1-7,10,17H,8-9,12-13H2,(H,21,22). The lowest BCUT2D eigenvalue weighted by atomic mass is 10.1. The Balaban J connectivity index is 1.64. The van der Waals surface area contributed by atoms with Crippen LogP contribution in [0.25, 0.3) is 0 Å². The molecule has 1 fully saturated rings. The second kappa shape index (κ2) is 7.58. The molecule has 2 aromatic carbocycles. The van der Waals surface area contributed by atoms with Gasteiger partial charge in [0.25, 0.3) is 5.91 Å². The second-order valence-corrected chi connectivity index (χ2v) is 8.39. The Morgan fingerprint density at radius 3 is 2.77 bits per heavy atom. The molecule has 0 aromatic heterocycles. The van der Waals surface area contributed by atoms with E-state index in [1.807, 2.05) is 12.1 Å². The molecule has 1 aliphatic heterocycles. The molecule has 0 aliphatic carbocycles. The summed E-state index contributed by atoms with van der Waals surface area (Å²) in [6.45, 7) is 0.218. The van der Waals surface area contributed by atoms with E-state index in [2.05, 4.69) is 11.4 Å². The first kappa shape index (κ1) is 18.0. The Kier molecular flexibility index (Phi) is 5.24. The highest BCUT2D eigenvalue weighted by Crippen LogP contribution is 2.18. The number of nitrogens with zero attached hydrogens (tertiary/aromatic N) is 1. The third kappa shape index (κ3) is 4.41. The maximum Gasteiger partial charge on any atom is 0.251 e. The van der Waals surface area contributed by atoms with Crippen molar-refractivity contribution in [1.82, 2.24) is 5.32 Å². The summed E-state index contributed by atoms with van der Waals surface area (Å²) >= 11 is 0. The molecule has 1 N–H and O–H groups in total. The molecule has 3 rings (SSSR count). The normalized spacial score (nSPS) is 18.0. The fourth-order valence-electron chi connectivity index (χ4n) is 2.82. The van der Waals surface area contributed by atoms with Crippen LogP contribution < -0.4 is 10.1 Å². The third-order valence-corrected chi connectivity index (χ3v) is 5.96. The Hall–Kier alpha value is -2.85. The van der Waals surface area contributed by atoms with Gasteiger partial charge in [0, 0.05) is 17.2 Å². The number of sulfone groups is 1. The zero-order chi connectivity index (χ0) is 18.6. The van der Waals surface area contributed by atoms with Gasteiger partial charge in [0.05, 0.1) is 23.1 Å². The van der Waals surface area contributed by atoms with E-state index in [1.165, 1.54) is 0 Å². The van der Waals surface area contributed by atoms with Crippen molar-refractivity contribution in [2.75, 3.05) is 11.5 Å². The largest absolute Gasteiger partial charge is 0.489 e. The monoisotopic (exact) mass is 370 g/mol. The summed E-state index contributed by atoms with van der Waals surface area (Å²) in [7, 11) is -3.04. The number of rotatable bonds is 5. The number of amides is 1. The minimum Gasteiger partial charge on any atom is -0.489 e. The van der Waals surface area contributed by atoms with E-state index in [-0.39, 0.29) is 30.1 Å². The zero-order valence-corrected chi connectivity index (χ0v) is 14.8. The van der Waals surface area contributed by atoms with E-state index in [0.29, 0.717) is 23.3 Å². The van der Waals surface area contributed by atoms with E-state index >= 15 is 0 Å². The Morgan fingerprint density at radius 2 is 2.04 bits per heavy atom. The van der Waals surface area contributed by atoms with Crippen LogP contribution in [0.2, 0.25) is 0 Å². The smallest absolute Gasteiger partial charge is 0.251 e. The van der Waals surface area contributed by atoms with Crippen molar-refractivity contribution >= 4 is 15.7 Å². The molecule has 1 unspecified atom stereocenters. The topological polar surface area (TPSA) is 96.3 Å². The van der Waals surface area contributed by atoms with Gasteiger partial charge < -0.3 is 10.1 Å². The van der Waals surface area contributed by atoms with Crippen molar-refractivity contribution in [3.63, 3.8) is 0 Å². The number of nitrogens with one attached hydrogen (secondary N) is 1. The van der Waals surface area contributed by atoms with Crippen LogP contribution in [0.3, 0.4) is 0 Å². The molecule has 1 aliphatic rings. The van der Waals surface area contributed by atoms with E-state index in [9.17, 15) is 13.2 Å². The summed E-state index contributed by atoms with van der Waals surface area (Å²) < 4.78 is 28.7. The van der Waals surface area contributed by atoms with Gasteiger partial charge in [-0.1, -0.05) is 24.3 Å². The van der Waals surface area contributed by atoms with Gasteiger partial charge >= 0.3 is 0 Å². The predicted molar refractivity (Wildman–Crippen MR) is 96.5 cm³/mol. The number of hydrogen-bond donors (Lipinski definition) is 1. The van der Waals surface area contributed by atoms with E-state index < -0.39 is 9.84 Å². The highest BCUT2D eigenvalue weighted by Gasteiger charge is 2.29. The van der Waals surface area contributed by atoms with Crippen LogP contribution in [0.15, 0.2) is 48.5 Å². The molecule has 0 spiro atoms. The minimum absolute atomic E-state index is 0.0140. The number of benzene rings is 2. The van der Waals surface area contributed by atoms with Crippen molar-refractivity contribution in [1.29, 1.82) is 5.26 Å². The number of ether oxygens (including phenoxy) is 1. The van der Waals surface area contributed by atoms with Gasteiger partial charge in [-0.15, -0.1) is 0 Å². The first-order chi connectivity index (χ1) is 12.5. The fraction of sp³-hybridized carbons (Fsp3) is 0.263. The molecular formula is C19H18N2O4S. The minimum atomic E-state index is -3.04. The van der Waals surface area contributed by atoms with Crippen molar-refractivity contribution in [3.05, 3.63) is 65.2 Å². The molecule has 7 heteroatoms. The molecule has 0 radical (unpaired) electrons. The van der Waals surface area contributed by atoms with Gasteiger partial charge in [0.2, 0.25) is 0 Å². The van der Waals surface area contributed by atoms with Crippen LogP contribution >= 0.6 is 0 Å². The summed E-state index contributed by atoms with van der Waals surface area (Å²) in [6.07, 6.45) is 0.440. The van der Waals surface area contributed by atoms with E-state index in [4.69, 9.17) is 10.00 Å². The number of nitriles is 1. The Morgan fingerprint density at radius 1 is 1.23 bits per heavy atom. The van der Waals surface area contributed by atoms with Crippen LogP contribution in [0.1, 0.15) is 27.9 Å². The average Bonchev–Trinajstić information content (AvgIpc) is 2.98. The van der Waals surface area contributed by atoms with Crippen LogP contribution in [-0.4, -0.2) is 31.9 Å². The summed E-state index contributed by atoms with van der Waals surface area (Å²) in [5, 5.41) is 11.9. The number of carbonyl (C=O) groups excluding carboxylic acids is 1. The molecule has 6 nitrogen and oxygen atoms in total. The molecule has 134 valence electrons.